The third-order valence-corrected chi connectivity index (χ3v) is 20.7. The highest BCUT2D eigenvalue weighted by Gasteiger charge is 2.32. The molecule has 9 heteroatoms. The van der Waals surface area contributed by atoms with Crippen molar-refractivity contribution in [1.29, 1.82) is 5.26 Å². The largest absolute Gasteiger partial charge is 0.308 e. The van der Waals surface area contributed by atoms with Crippen LogP contribution in [-0.4, -0.2) is 37.9 Å². The molecule has 0 saturated heterocycles. The van der Waals surface area contributed by atoms with Crippen LogP contribution in [0.15, 0.2) is 249 Å². The number of nitrogens with zero attached hydrogens (tertiary/aromatic N) is 9. The predicted octanol–water partition coefficient (Wildman–Crippen LogP) is 20.7. The molecule has 8 aromatic heterocycles. The quantitative estimate of drug-likeness (QED) is 0.176. The van der Waals surface area contributed by atoms with E-state index in [1.54, 1.807) is 0 Å². The molecule has 0 atom stereocenters. The van der Waals surface area contributed by atoms with E-state index in [1.165, 1.54) is 97.6 Å². The first-order valence-electron chi connectivity index (χ1n) is 31.3. The van der Waals surface area contributed by atoms with Gasteiger partial charge in [-0.3, -0.25) is 4.57 Å². The summed E-state index contributed by atoms with van der Waals surface area (Å²) in [6, 6.07) is 93.2. The zero-order valence-corrected chi connectivity index (χ0v) is 48.7. The van der Waals surface area contributed by atoms with E-state index in [0.717, 1.165) is 116 Å². The summed E-state index contributed by atoms with van der Waals surface area (Å²) >= 11 is 0. The average molecular weight is 1160 g/mol. The van der Waals surface area contributed by atoms with Crippen molar-refractivity contribution in [2.24, 2.45) is 0 Å². The highest BCUT2D eigenvalue weighted by molar-refractivity contribution is 6.40. The van der Waals surface area contributed by atoms with Crippen LogP contribution in [0.2, 0.25) is 0 Å². The van der Waals surface area contributed by atoms with Crippen molar-refractivity contribution < 1.29 is 0 Å². The van der Waals surface area contributed by atoms with Gasteiger partial charge < -0.3 is 13.4 Å². The number of hydrogen-bond acceptors (Lipinski definition) is 5. The number of nitriles is 1. The van der Waals surface area contributed by atoms with Crippen molar-refractivity contribution in [3.05, 3.63) is 255 Å². The standard InChI is InChI=1S/C83H41N9/c84-42-71-85-61-24-9-5-21-52(61)83(88-71)92-66-27-12-8-20-51(66)59-41-60-56-38-45(31-34-68(56)91-70-36-30-44-15-2-4-17-48(44)74(70)76(81(60)91)82(59)92)46-28-33-62-63(39-46)87-78-55-32-37-67(53-22-13-23-54(72(53)55)77(78)86-62)89-64-25-10-6-18-49(64)57-40-58-50-19-7-11-26-65(50)90-69-35-29-43-14-1-3-16-47(43)73(69)75(79(57)89)80(58)90/h1-41H. The van der Waals surface area contributed by atoms with Gasteiger partial charge in [-0.1, -0.05) is 158 Å². The molecule has 0 N–H and O–H groups in total. The van der Waals surface area contributed by atoms with Crippen molar-refractivity contribution in [3.63, 3.8) is 0 Å². The second-order valence-electron chi connectivity index (χ2n) is 25.1. The van der Waals surface area contributed by atoms with Crippen molar-refractivity contribution in [2.75, 3.05) is 0 Å². The van der Waals surface area contributed by atoms with Crippen LogP contribution in [0.3, 0.4) is 0 Å². The van der Waals surface area contributed by atoms with Gasteiger partial charge >= 0.3 is 0 Å². The Morgan fingerprint density at radius 2 is 0.793 bits per heavy atom. The first-order valence-corrected chi connectivity index (χ1v) is 31.3. The average Bonchev–Trinajstić information content (AvgIpc) is 1.52. The van der Waals surface area contributed by atoms with Gasteiger partial charge in [-0.15, -0.1) is 0 Å². The van der Waals surface area contributed by atoms with E-state index < -0.39 is 0 Å². The van der Waals surface area contributed by atoms with E-state index in [-0.39, 0.29) is 5.82 Å². The molecular formula is C83H41N9. The van der Waals surface area contributed by atoms with Gasteiger partial charge in [-0.2, -0.15) is 5.26 Å². The highest BCUT2D eigenvalue weighted by atomic mass is 15.1. The van der Waals surface area contributed by atoms with Gasteiger partial charge in [-0.25, -0.2) is 19.9 Å². The zero-order valence-electron chi connectivity index (χ0n) is 48.7. The van der Waals surface area contributed by atoms with Crippen molar-refractivity contribution in [1.82, 2.24) is 37.9 Å². The second-order valence-corrected chi connectivity index (χ2v) is 25.1. The summed E-state index contributed by atoms with van der Waals surface area (Å²) in [5.41, 5.74) is 21.3. The first-order chi connectivity index (χ1) is 45.6. The molecule has 0 radical (unpaired) electrons. The Bertz CT molecular complexity index is 7270. The Morgan fingerprint density at radius 1 is 0.283 bits per heavy atom. The Morgan fingerprint density at radius 3 is 1.49 bits per heavy atom. The number of fused-ring (bicyclic) bond motifs is 29. The number of para-hydroxylation sites is 4. The Hall–Kier alpha value is -12.8. The first kappa shape index (κ1) is 47.3. The molecule has 1 aliphatic rings. The molecule has 0 unspecified atom stereocenters. The SMILES string of the molecule is N#Cc1nc(-n2c3ccccc3c3cc4c5cc(-c6ccc7nc8c(nc7c6)-c6ccc(-n7c9ccccc9c9cc%10c%11ccccc%11n%11c%12ccc%13ccccc%13c%12c(c97)c%10%11)c7cccc-8c67)ccc5n5c6ccc7ccccc7c6c(c32)c45)c2ccccc2n1. The van der Waals surface area contributed by atoms with E-state index in [2.05, 4.69) is 260 Å². The van der Waals surface area contributed by atoms with Gasteiger partial charge in [0, 0.05) is 91.9 Å². The maximum atomic E-state index is 10.4. The summed E-state index contributed by atoms with van der Waals surface area (Å²) in [4.78, 5) is 20.9. The van der Waals surface area contributed by atoms with Gasteiger partial charge in [0.1, 0.15) is 11.9 Å². The molecule has 0 amide bonds. The van der Waals surface area contributed by atoms with Gasteiger partial charge in [0.15, 0.2) is 0 Å². The molecule has 22 aromatic rings. The van der Waals surface area contributed by atoms with Gasteiger partial charge in [-0.05, 0) is 124 Å². The van der Waals surface area contributed by atoms with E-state index in [0.29, 0.717) is 5.82 Å². The van der Waals surface area contributed by atoms with E-state index in [1.807, 2.05) is 18.2 Å². The third kappa shape index (κ3) is 5.63. The van der Waals surface area contributed by atoms with Crippen LogP contribution < -0.4 is 0 Å². The van der Waals surface area contributed by atoms with Crippen LogP contribution in [0.1, 0.15) is 5.82 Å². The Balaban J connectivity index is 0.728. The third-order valence-electron chi connectivity index (χ3n) is 20.7. The van der Waals surface area contributed by atoms with E-state index in [4.69, 9.17) is 15.0 Å². The lowest BCUT2D eigenvalue weighted by atomic mass is 9.98. The normalized spacial score (nSPS) is 12.8. The van der Waals surface area contributed by atoms with Crippen molar-refractivity contribution in [3.8, 4) is 51.2 Å². The molecule has 0 saturated carbocycles. The minimum absolute atomic E-state index is 0.132. The van der Waals surface area contributed by atoms with Crippen LogP contribution in [0, 0.1) is 11.3 Å². The Labute approximate surface area is 520 Å². The lowest BCUT2D eigenvalue weighted by molar-refractivity contribution is 1.05. The summed E-state index contributed by atoms with van der Waals surface area (Å²) in [6.45, 7) is 0. The monoisotopic (exact) mass is 1160 g/mol. The maximum Gasteiger partial charge on any atom is 0.234 e. The fourth-order valence-corrected chi connectivity index (χ4v) is 17.1. The molecule has 92 heavy (non-hydrogen) atoms. The molecular weight excluding hydrogens is 1120 g/mol. The molecule has 1 aliphatic carbocycles. The molecule has 418 valence electrons. The predicted molar refractivity (Wildman–Crippen MR) is 378 cm³/mol. The van der Waals surface area contributed by atoms with Crippen molar-refractivity contribution >= 4 is 174 Å². The van der Waals surface area contributed by atoms with Crippen LogP contribution in [-0.2, 0) is 0 Å². The second kappa shape index (κ2) is 16.5. The smallest absolute Gasteiger partial charge is 0.234 e. The van der Waals surface area contributed by atoms with E-state index in [9.17, 15) is 5.26 Å². The number of benzene rings is 14. The minimum atomic E-state index is 0.132. The zero-order chi connectivity index (χ0) is 59.5. The van der Waals surface area contributed by atoms with Crippen LogP contribution >= 0.6 is 0 Å². The fourth-order valence-electron chi connectivity index (χ4n) is 17.1. The summed E-state index contributed by atoms with van der Waals surface area (Å²) < 4.78 is 9.83. The van der Waals surface area contributed by atoms with Gasteiger partial charge in [0.2, 0.25) is 5.82 Å². The molecule has 0 fully saturated rings. The topological polar surface area (TPSA) is 94.0 Å². The highest BCUT2D eigenvalue weighted by Crippen LogP contribution is 2.53. The lowest BCUT2D eigenvalue weighted by Crippen LogP contribution is -2.03. The molecule has 0 spiro atoms. The van der Waals surface area contributed by atoms with Crippen LogP contribution in [0.5, 0.6) is 0 Å². The van der Waals surface area contributed by atoms with Crippen LogP contribution in [0.25, 0.3) is 219 Å². The van der Waals surface area contributed by atoms with E-state index >= 15 is 0 Å². The number of aromatic nitrogens is 8. The summed E-state index contributed by atoms with van der Waals surface area (Å²) in [5.74, 6) is 0.816. The maximum absolute atomic E-state index is 10.4. The molecule has 14 aromatic carbocycles. The summed E-state index contributed by atoms with van der Waals surface area (Å²) in [7, 11) is 0. The Kier molecular flexibility index (Phi) is 8.48. The lowest BCUT2D eigenvalue weighted by Gasteiger charge is -2.14. The van der Waals surface area contributed by atoms with Gasteiger partial charge in [0.05, 0.1) is 88.8 Å². The molecule has 9 nitrogen and oxygen atoms in total. The van der Waals surface area contributed by atoms with Gasteiger partial charge in [0.25, 0.3) is 0 Å². The fraction of sp³-hybridized carbons (Fsp3) is 0. The summed E-state index contributed by atoms with van der Waals surface area (Å²) in [6.07, 6.45) is 0. The molecule has 23 rings (SSSR count). The molecule has 8 heterocycles. The van der Waals surface area contributed by atoms with Crippen molar-refractivity contribution in [2.45, 2.75) is 0 Å². The summed E-state index contributed by atoms with van der Waals surface area (Å²) in [5, 5.41) is 32.9. The van der Waals surface area contributed by atoms with Crippen LogP contribution in [0.4, 0.5) is 0 Å². The molecule has 0 aliphatic heterocycles. The molecule has 0 bridgehead atoms. The number of hydrogen-bond donors (Lipinski definition) is 0. The minimum Gasteiger partial charge on any atom is -0.308 e. The number of rotatable bonds is 3.